The Morgan fingerprint density at radius 3 is 2.60 bits per heavy atom. The highest BCUT2D eigenvalue weighted by Crippen LogP contribution is 2.21. The van der Waals surface area contributed by atoms with E-state index < -0.39 is 28.2 Å². The van der Waals surface area contributed by atoms with Gasteiger partial charge in [-0.1, -0.05) is 15.9 Å². The van der Waals surface area contributed by atoms with Crippen molar-refractivity contribution in [3.63, 3.8) is 0 Å². The number of pyridine rings is 1. The molecule has 0 radical (unpaired) electrons. The van der Waals surface area contributed by atoms with Crippen molar-refractivity contribution in [3.05, 3.63) is 37.7 Å². The predicted octanol–water partition coefficient (Wildman–Crippen LogP) is 2.12. The van der Waals surface area contributed by atoms with Crippen molar-refractivity contribution in [2.24, 2.45) is 0 Å². The van der Waals surface area contributed by atoms with Crippen LogP contribution < -0.4 is 5.43 Å². The Morgan fingerprint density at radius 1 is 1.60 bits per heavy atom. The van der Waals surface area contributed by atoms with Crippen LogP contribution in [0.25, 0.3) is 0 Å². The zero-order valence-corrected chi connectivity index (χ0v) is 8.75. The molecule has 0 aliphatic heterocycles. The van der Waals surface area contributed by atoms with Gasteiger partial charge >= 0.3 is 5.82 Å². The monoisotopic (exact) mass is 282 g/mol. The van der Waals surface area contributed by atoms with Crippen LogP contribution in [0.2, 0.25) is 0 Å². The molecule has 0 atom stereocenters. The number of H-pyrrole nitrogens is 1. The highest BCUT2D eigenvalue weighted by atomic mass is 79.9. The number of aromatic amines is 1. The van der Waals surface area contributed by atoms with Crippen molar-refractivity contribution >= 4 is 21.7 Å². The smallest absolute Gasteiger partial charge is 0.324 e. The average Bonchev–Trinajstić information content (AvgIpc) is 2.15. The van der Waals surface area contributed by atoms with Crippen LogP contribution in [-0.2, 0) is 5.33 Å². The Bertz CT molecular complexity index is 446. The Morgan fingerprint density at radius 2 is 2.20 bits per heavy atom. The SMILES string of the molecule is O=c1cc([N+](=O)[O-])[nH]c(CBr)c1C(F)F. The van der Waals surface area contributed by atoms with Crippen LogP contribution in [0.1, 0.15) is 17.7 Å². The van der Waals surface area contributed by atoms with Crippen LogP contribution in [0.3, 0.4) is 0 Å². The van der Waals surface area contributed by atoms with E-state index in [0.29, 0.717) is 6.07 Å². The van der Waals surface area contributed by atoms with Gasteiger partial charge in [0.15, 0.2) is 5.43 Å². The van der Waals surface area contributed by atoms with Gasteiger partial charge in [-0.2, -0.15) is 0 Å². The molecular formula is C7H5BrF2N2O3. The number of alkyl halides is 3. The molecular weight excluding hydrogens is 278 g/mol. The van der Waals surface area contributed by atoms with Gasteiger partial charge in [0.25, 0.3) is 6.43 Å². The molecule has 0 amide bonds. The lowest BCUT2D eigenvalue weighted by Gasteiger charge is -2.03. The summed E-state index contributed by atoms with van der Waals surface area (Å²) in [6.45, 7) is 0. The number of nitro groups is 1. The number of hydrogen-bond acceptors (Lipinski definition) is 3. The average molecular weight is 283 g/mol. The molecule has 1 aromatic rings. The molecule has 0 saturated carbocycles. The molecule has 0 saturated heterocycles. The largest absolute Gasteiger partial charge is 0.358 e. The molecule has 1 heterocycles. The minimum Gasteiger partial charge on any atom is -0.358 e. The molecule has 0 unspecified atom stereocenters. The van der Waals surface area contributed by atoms with Crippen molar-refractivity contribution in [3.8, 4) is 0 Å². The van der Waals surface area contributed by atoms with Crippen LogP contribution in [0.5, 0.6) is 0 Å². The van der Waals surface area contributed by atoms with Gasteiger partial charge in [-0.25, -0.2) is 13.8 Å². The van der Waals surface area contributed by atoms with Crippen LogP contribution in [-0.4, -0.2) is 9.91 Å². The maximum Gasteiger partial charge on any atom is 0.324 e. The first kappa shape index (κ1) is 11.8. The quantitative estimate of drug-likeness (QED) is 0.524. The molecule has 1 aromatic heterocycles. The van der Waals surface area contributed by atoms with Gasteiger partial charge in [-0.15, -0.1) is 0 Å². The van der Waals surface area contributed by atoms with Crippen molar-refractivity contribution in [2.75, 3.05) is 0 Å². The number of nitrogens with one attached hydrogen (secondary N) is 1. The molecule has 15 heavy (non-hydrogen) atoms. The fraction of sp³-hybridized carbons (Fsp3) is 0.286. The fourth-order valence-corrected chi connectivity index (χ4v) is 1.49. The summed E-state index contributed by atoms with van der Waals surface area (Å²) >= 11 is 2.87. The second-order valence-electron chi connectivity index (χ2n) is 2.60. The van der Waals surface area contributed by atoms with E-state index >= 15 is 0 Å². The third kappa shape index (κ3) is 2.38. The molecule has 82 valence electrons. The number of aromatic nitrogens is 1. The molecule has 5 nitrogen and oxygen atoms in total. The topological polar surface area (TPSA) is 76.0 Å². The lowest BCUT2D eigenvalue weighted by atomic mass is 10.2. The minimum absolute atomic E-state index is 0.0798. The Labute approximate surface area is 90.4 Å². The van der Waals surface area contributed by atoms with E-state index in [2.05, 4.69) is 20.9 Å². The molecule has 0 aliphatic rings. The minimum atomic E-state index is -2.96. The van der Waals surface area contributed by atoms with Gasteiger partial charge in [-0.3, -0.25) is 4.79 Å². The zero-order chi connectivity index (χ0) is 11.6. The molecule has 0 bridgehead atoms. The lowest BCUT2D eigenvalue weighted by Crippen LogP contribution is -2.14. The number of nitrogens with zero attached hydrogens (tertiary/aromatic N) is 1. The number of hydrogen-bond donors (Lipinski definition) is 1. The van der Waals surface area contributed by atoms with Gasteiger partial charge in [-0.05, 0) is 4.92 Å². The molecule has 0 spiro atoms. The summed E-state index contributed by atoms with van der Waals surface area (Å²) in [6, 6.07) is 0.549. The van der Waals surface area contributed by atoms with Gasteiger partial charge in [0, 0.05) is 0 Å². The van der Waals surface area contributed by atoms with E-state index in [-0.39, 0.29) is 11.0 Å². The molecule has 1 rings (SSSR count). The first-order valence-corrected chi connectivity index (χ1v) is 4.84. The van der Waals surface area contributed by atoms with Crippen molar-refractivity contribution in [2.45, 2.75) is 11.8 Å². The third-order valence-corrected chi connectivity index (χ3v) is 2.25. The molecule has 0 fully saturated rings. The number of halogens is 3. The summed E-state index contributed by atoms with van der Waals surface area (Å²) in [5.74, 6) is -0.598. The lowest BCUT2D eigenvalue weighted by molar-refractivity contribution is -0.389. The zero-order valence-electron chi connectivity index (χ0n) is 7.17. The second kappa shape index (κ2) is 4.47. The Hall–Kier alpha value is -1.31. The van der Waals surface area contributed by atoms with E-state index in [1.807, 2.05) is 0 Å². The van der Waals surface area contributed by atoms with Crippen LogP contribution in [0.4, 0.5) is 14.6 Å². The van der Waals surface area contributed by atoms with Crippen molar-refractivity contribution in [1.29, 1.82) is 0 Å². The first-order valence-electron chi connectivity index (χ1n) is 3.72. The maximum atomic E-state index is 12.4. The Kier molecular flexibility index (Phi) is 3.51. The van der Waals surface area contributed by atoms with E-state index in [4.69, 9.17) is 0 Å². The summed E-state index contributed by atoms with van der Waals surface area (Å²) in [7, 11) is 0. The van der Waals surface area contributed by atoms with E-state index in [1.54, 1.807) is 0 Å². The van der Waals surface area contributed by atoms with Crippen LogP contribution in [0.15, 0.2) is 10.9 Å². The van der Waals surface area contributed by atoms with Gasteiger partial charge in [0.1, 0.15) is 11.3 Å². The van der Waals surface area contributed by atoms with E-state index in [9.17, 15) is 23.7 Å². The summed E-state index contributed by atoms with van der Waals surface area (Å²) in [5.41, 5.74) is -1.95. The standard InChI is InChI=1S/C7H5BrF2N2O3/c8-2-3-6(7(9)10)4(13)1-5(11-3)12(14)15/h1,7H,2H2,(H,11,13). The summed E-state index contributed by atoms with van der Waals surface area (Å²) in [5, 5.41) is 10.3. The third-order valence-electron chi connectivity index (χ3n) is 1.69. The summed E-state index contributed by atoms with van der Waals surface area (Å²) < 4.78 is 24.8. The molecule has 0 aromatic carbocycles. The highest BCUT2D eigenvalue weighted by molar-refractivity contribution is 9.08. The number of rotatable bonds is 3. The summed E-state index contributed by atoms with van der Waals surface area (Å²) in [6.07, 6.45) is -2.96. The van der Waals surface area contributed by atoms with Crippen LogP contribution >= 0.6 is 15.9 Å². The first-order chi connectivity index (χ1) is 6.97. The van der Waals surface area contributed by atoms with Gasteiger partial charge < -0.3 is 10.1 Å². The molecule has 8 heteroatoms. The van der Waals surface area contributed by atoms with Gasteiger partial charge in [0.05, 0.1) is 11.4 Å². The Balaban J connectivity index is 3.44. The normalized spacial score (nSPS) is 10.7. The van der Waals surface area contributed by atoms with E-state index in [1.165, 1.54) is 0 Å². The van der Waals surface area contributed by atoms with Crippen LogP contribution in [0, 0.1) is 10.1 Å². The molecule has 0 aliphatic carbocycles. The second-order valence-corrected chi connectivity index (χ2v) is 3.16. The van der Waals surface area contributed by atoms with E-state index in [0.717, 1.165) is 0 Å². The fourth-order valence-electron chi connectivity index (χ4n) is 1.05. The summed E-state index contributed by atoms with van der Waals surface area (Å²) in [4.78, 5) is 22.8. The van der Waals surface area contributed by atoms with Crippen molar-refractivity contribution < 1.29 is 13.7 Å². The highest BCUT2D eigenvalue weighted by Gasteiger charge is 2.22. The van der Waals surface area contributed by atoms with Crippen molar-refractivity contribution in [1.82, 2.24) is 4.98 Å². The molecule has 1 N–H and O–H groups in total. The predicted molar refractivity (Wildman–Crippen MR) is 51.3 cm³/mol. The maximum absolute atomic E-state index is 12.4. The van der Waals surface area contributed by atoms with Gasteiger partial charge in [0.2, 0.25) is 0 Å².